The molecular weight excluding hydrogens is 508 g/mol. The summed E-state index contributed by atoms with van der Waals surface area (Å²) >= 11 is 0. The summed E-state index contributed by atoms with van der Waals surface area (Å²) in [5, 5.41) is 19.5. The number of allylic oxidation sites excluding steroid dienone is 1. The van der Waals surface area contributed by atoms with Gasteiger partial charge in [-0.2, -0.15) is 0 Å². The van der Waals surface area contributed by atoms with Crippen molar-refractivity contribution >= 4 is 17.9 Å². The van der Waals surface area contributed by atoms with E-state index in [1.807, 2.05) is 6.92 Å². The lowest BCUT2D eigenvalue weighted by Crippen LogP contribution is -2.79. The van der Waals surface area contributed by atoms with E-state index in [0.717, 1.165) is 0 Å². The Morgan fingerprint density at radius 3 is 2.28 bits per heavy atom. The van der Waals surface area contributed by atoms with Crippen molar-refractivity contribution in [3.63, 3.8) is 0 Å². The van der Waals surface area contributed by atoms with E-state index in [9.17, 15) is 24.6 Å². The second-order valence-electron chi connectivity index (χ2n) is 12.2. The quantitative estimate of drug-likeness (QED) is 0.180. The fraction of sp³-hybridized carbons (Fsp3) is 0.828. The van der Waals surface area contributed by atoms with Gasteiger partial charge < -0.3 is 33.9 Å². The van der Waals surface area contributed by atoms with E-state index in [2.05, 4.69) is 6.92 Å². The largest absolute Gasteiger partial charge is 0.458 e. The van der Waals surface area contributed by atoms with E-state index >= 15 is 0 Å². The first-order valence-corrected chi connectivity index (χ1v) is 14.1. The molecule has 3 heterocycles. The van der Waals surface area contributed by atoms with E-state index in [1.165, 1.54) is 13.8 Å². The van der Waals surface area contributed by atoms with Crippen LogP contribution in [0.25, 0.3) is 0 Å². The summed E-state index contributed by atoms with van der Waals surface area (Å²) in [5.74, 6) is -2.11. The normalized spacial score (nSPS) is 41.5. The lowest BCUT2D eigenvalue weighted by atomic mass is 9.40. The molecule has 10 atom stereocenters. The number of fused-ring (bicyclic) bond motifs is 1. The minimum atomic E-state index is -1.12. The number of rotatable bonds is 10. The van der Waals surface area contributed by atoms with Crippen LogP contribution in [0.4, 0.5) is 0 Å². The molecule has 2 saturated carbocycles. The highest BCUT2D eigenvalue weighted by Crippen LogP contribution is 2.73. The molecule has 5 rings (SSSR count). The molecule has 0 aromatic heterocycles. The zero-order valence-electron chi connectivity index (χ0n) is 23.9. The molecule has 5 fully saturated rings. The Bertz CT molecular complexity index is 989. The third-order valence-corrected chi connectivity index (χ3v) is 10.2. The van der Waals surface area contributed by atoms with E-state index in [1.54, 1.807) is 19.9 Å². The van der Waals surface area contributed by atoms with Crippen LogP contribution in [0, 0.1) is 28.6 Å². The SMILES string of the molecule is C/C=C(\C)C(=O)O[C@H]1O[C@@H]2C[C@@H]3[C@@](C)(CC[C@H](CO)CCO)[C@H](C)[C@@H](OC(C)=O)[C@H](OC(C)=O)[C@]13[C@@]1(CO1)C2. The van der Waals surface area contributed by atoms with Crippen LogP contribution in [0.3, 0.4) is 0 Å². The molecule has 3 saturated heterocycles. The maximum atomic E-state index is 13.1. The van der Waals surface area contributed by atoms with E-state index in [-0.39, 0.29) is 37.1 Å². The van der Waals surface area contributed by atoms with Gasteiger partial charge in [0.2, 0.25) is 6.29 Å². The molecule has 2 N–H and O–H groups in total. The summed E-state index contributed by atoms with van der Waals surface area (Å²) in [7, 11) is 0. The van der Waals surface area contributed by atoms with E-state index in [0.29, 0.717) is 44.3 Å². The number of carbonyl (C=O) groups excluding carboxylic acids is 3. The Kier molecular flexibility index (Phi) is 8.53. The van der Waals surface area contributed by atoms with Crippen molar-refractivity contribution in [1.29, 1.82) is 0 Å². The summed E-state index contributed by atoms with van der Waals surface area (Å²) in [6.07, 6.45) is 1.48. The molecule has 39 heavy (non-hydrogen) atoms. The first-order chi connectivity index (χ1) is 18.4. The topological polar surface area (TPSA) is 141 Å². The van der Waals surface area contributed by atoms with E-state index < -0.39 is 52.8 Å². The molecule has 0 unspecified atom stereocenters. The first kappa shape index (κ1) is 30.0. The molecule has 10 nitrogen and oxygen atoms in total. The lowest BCUT2D eigenvalue weighted by molar-refractivity contribution is -0.382. The average molecular weight is 553 g/mol. The van der Waals surface area contributed by atoms with Gasteiger partial charge in [0, 0.05) is 45.0 Å². The van der Waals surface area contributed by atoms with Crippen molar-refractivity contribution in [3.8, 4) is 0 Å². The second kappa shape index (κ2) is 11.1. The van der Waals surface area contributed by atoms with Gasteiger partial charge in [-0.15, -0.1) is 0 Å². The monoisotopic (exact) mass is 552 g/mol. The molecule has 0 aromatic rings. The van der Waals surface area contributed by atoms with Crippen molar-refractivity contribution in [2.75, 3.05) is 19.8 Å². The summed E-state index contributed by atoms with van der Waals surface area (Å²) in [4.78, 5) is 38.1. The van der Waals surface area contributed by atoms with Crippen LogP contribution in [-0.2, 0) is 38.1 Å². The van der Waals surface area contributed by atoms with Gasteiger partial charge in [-0.25, -0.2) is 4.79 Å². The van der Waals surface area contributed by atoms with Gasteiger partial charge in [0.05, 0.1) is 12.7 Å². The van der Waals surface area contributed by atoms with Crippen LogP contribution in [-0.4, -0.2) is 78.1 Å². The van der Waals surface area contributed by atoms with Gasteiger partial charge >= 0.3 is 17.9 Å². The Morgan fingerprint density at radius 1 is 1.08 bits per heavy atom. The zero-order chi connectivity index (χ0) is 28.8. The highest BCUT2D eigenvalue weighted by molar-refractivity contribution is 5.87. The predicted octanol–water partition coefficient (Wildman–Crippen LogP) is 2.68. The molecule has 10 heteroatoms. The molecule has 2 aliphatic carbocycles. The minimum absolute atomic E-state index is 0.0232. The highest BCUT2D eigenvalue weighted by atomic mass is 16.7. The molecule has 0 radical (unpaired) electrons. The summed E-state index contributed by atoms with van der Waals surface area (Å²) in [6, 6.07) is 0. The molecular formula is C29H44O10. The van der Waals surface area contributed by atoms with Crippen LogP contribution in [0.2, 0.25) is 0 Å². The number of carbonyl (C=O) groups is 3. The number of ether oxygens (including phenoxy) is 5. The smallest absolute Gasteiger partial charge is 0.335 e. The van der Waals surface area contributed by atoms with Gasteiger partial charge in [-0.1, -0.05) is 19.9 Å². The fourth-order valence-corrected chi connectivity index (χ4v) is 7.82. The molecule has 0 aromatic carbocycles. The number of esters is 3. The predicted molar refractivity (Wildman–Crippen MR) is 138 cm³/mol. The van der Waals surface area contributed by atoms with Crippen molar-refractivity contribution in [2.45, 2.75) is 104 Å². The molecule has 220 valence electrons. The standard InChI is InChI=1S/C29H44O10/c1-7-16(2)25(34)39-26-29-22(12-21(38-26)13-28(29)15-35-28)27(6,10-8-20(14-31)9-11-30)17(3)23(36-18(4)32)24(29)37-19(5)33/h7,17,20-24,26,30-31H,8-15H2,1-6H3/b16-7+/t17-,20+,21-,22-,23-,24+,26-,27+,28+,29+/m1/s1. The van der Waals surface area contributed by atoms with Gasteiger partial charge in [0.1, 0.15) is 17.1 Å². The molecule has 2 spiro atoms. The maximum Gasteiger partial charge on any atom is 0.335 e. The summed E-state index contributed by atoms with van der Waals surface area (Å²) < 4.78 is 30.7. The van der Waals surface area contributed by atoms with Crippen LogP contribution < -0.4 is 0 Å². The lowest BCUT2D eigenvalue weighted by Gasteiger charge is -2.69. The highest BCUT2D eigenvalue weighted by Gasteiger charge is 2.84. The van der Waals surface area contributed by atoms with Crippen molar-refractivity contribution in [2.24, 2.45) is 28.6 Å². The molecule has 0 amide bonds. The Hall–Kier alpha value is -2.01. The fourth-order valence-electron chi connectivity index (χ4n) is 7.82. The second-order valence-corrected chi connectivity index (χ2v) is 12.2. The van der Waals surface area contributed by atoms with Gasteiger partial charge in [-0.3, -0.25) is 9.59 Å². The summed E-state index contributed by atoms with van der Waals surface area (Å²) in [5.41, 5.74) is -1.97. The van der Waals surface area contributed by atoms with Crippen LogP contribution in [0.5, 0.6) is 0 Å². The van der Waals surface area contributed by atoms with Crippen LogP contribution in [0.1, 0.15) is 73.6 Å². The average Bonchev–Trinajstić information content (AvgIpc) is 3.65. The molecule has 3 aliphatic heterocycles. The minimum Gasteiger partial charge on any atom is -0.458 e. The van der Waals surface area contributed by atoms with Gasteiger partial charge in [-0.05, 0) is 56.8 Å². The van der Waals surface area contributed by atoms with E-state index in [4.69, 9.17) is 23.7 Å². The third-order valence-electron chi connectivity index (χ3n) is 10.2. The van der Waals surface area contributed by atoms with Crippen molar-refractivity contribution in [3.05, 3.63) is 11.6 Å². The number of hydrogen-bond donors (Lipinski definition) is 2. The zero-order valence-corrected chi connectivity index (χ0v) is 23.9. The van der Waals surface area contributed by atoms with Gasteiger partial charge in [0.15, 0.2) is 6.10 Å². The number of hydrogen-bond acceptors (Lipinski definition) is 10. The Morgan fingerprint density at radius 2 is 1.74 bits per heavy atom. The Labute approximate surface area is 230 Å². The van der Waals surface area contributed by atoms with Crippen molar-refractivity contribution in [1.82, 2.24) is 0 Å². The number of epoxide rings is 1. The first-order valence-electron chi connectivity index (χ1n) is 14.1. The molecule has 2 bridgehead atoms. The number of aliphatic hydroxyl groups excluding tert-OH is 2. The third kappa shape index (κ3) is 4.91. The summed E-state index contributed by atoms with van der Waals surface area (Å²) in [6.45, 7) is 10.5. The maximum absolute atomic E-state index is 13.1. The van der Waals surface area contributed by atoms with Crippen LogP contribution in [0.15, 0.2) is 11.6 Å². The Balaban J connectivity index is 1.88. The van der Waals surface area contributed by atoms with Crippen molar-refractivity contribution < 1.29 is 48.3 Å². The number of aliphatic hydroxyl groups is 2. The molecule has 5 aliphatic rings. The van der Waals surface area contributed by atoms with Crippen LogP contribution >= 0.6 is 0 Å². The van der Waals surface area contributed by atoms with Gasteiger partial charge in [0.25, 0.3) is 0 Å².